The first-order chi connectivity index (χ1) is 5.74. The van der Waals surface area contributed by atoms with Crippen LogP contribution < -0.4 is 0 Å². The van der Waals surface area contributed by atoms with Gasteiger partial charge in [0.15, 0.2) is 0 Å². The van der Waals surface area contributed by atoms with Gasteiger partial charge in [-0.15, -0.1) is 0 Å². The lowest BCUT2D eigenvalue weighted by atomic mass is 10.7. The van der Waals surface area contributed by atoms with Crippen molar-refractivity contribution in [1.29, 1.82) is 0 Å². The average Bonchev–Trinajstić information content (AvgIpc) is 2.11. The van der Waals surface area contributed by atoms with Gasteiger partial charge in [0.05, 0.1) is 0 Å². The predicted octanol–water partition coefficient (Wildman–Crippen LogP) is 1.29. The molecule has 0 rings (SSSR count). The lowest BCUT2D eigenvalue weighted by Gasteiger charge is -1.99. The van der Waals surface area contributed by atoms with E-state index in [0.29, 0.717) is 12.4 Å². The molecule has 0 amide bonds. The van der Waals surface area contributed by atoms with Gasteiger partial charge in [-0.05, 0) is 13.6 Å². The van der Waals surface area contributed by atoms with E-state index in [-0.39, 0.29) is 6.02 Å². The molecule has 4 nitrogen and oxygen atoms in total. The van der Waals surface area contributed by atoms with Gasteiger partial charge in [-0.1, -0.05) is 12.7 Å². The Labute approximate surface area is 72.4 Å². The van der Waals surface area contributed by atoms with E-state index in [4.69, 9.17) is 4.74 Å². The van der Waals surface area contributed by atoms with E-state index >= 15 is 0 Å². The Morgan fingerprint density at radius 2 is 2.25 bits per heavy atom. The molecular weight excluding hydrogens is 154 g/mol. The van der Waals surface area contributed by atoms with Crippen LogP contribution in [-0.2, 0) is 4.74 Å². The summed E-state index contributed by atoms with van der Waals surface area (Å²) < 4.78 is 5.03. The first-order valence-electron chi connectivity index (χ1n) is 3.47. The van der Waals surface area contributed by atoms with Crippen LogP contribution in [0.2, 0.25) is 0 Å². The highest BCUT2D eigenvalue weighted by Crippen LogP contribution is 1.87. The Morgan fingerprint density at radius 1 is 1.58 bits per heavy atom. The molecule has 66 valence electrons. The summed E-state index contributed by atoms with van der Waals surface area (Å²) in [6, 6.07) is 0.220. The van der Waals surface area contributed by atoms with Gasteiger partial charge in [0, 0.05) is 7.05 Å². The smallest absolute Gasteiger partial charge is 0.317 e. The fraction of sp³-hybridized carbons (Fsp3) is 0.375. The van der Waals surface area contributed by atoms with Crippen LogP contribution in [0.5, 0.6) is 0 Å². The molecule has 4 heteroatoms. The fourth-order valence-corrected chi connectivity index (χ4v) is 0.435. The topological polar surface area (TPSA) is 46.3 Å². The molecule has 0 bridgehead atoms. The summed E-state index contributed by atoms with van der Waals surface area (Å²) in [6.45, 7) is 8.92. The normalized spacial score (nSPS) is 12.5. The Balaban J connectivity index is 4.22. The molecule has 0 atom stereocenters. The number of aliphatic imine (C=N–C) groups is 3. The Hall–Kier alpha value is -1.45. The summed E-state index contributed by atoms with van der Waals surface area (Å²) in [4.78, 5) is 11.3. The highest BCUT2D eigenvalue weighted by molar-refractivity contribution is 5.93. The third kappa shape index (κ3) is 4.38. The summed E-state index contributed by atoms with van der Waals surface area (Å²) >= 11 is 0. The summed E-state index contributed by atoms with van der Waals surface area (Å²) in [6.07, 6.45) is 1.61. The molecule has 0 unspecified atom stereocenters. The van der Waals surface area contributed by atoms with Gasteiger partial charge in [-0.2, -0.15) is 4.99 Å². The largest absolute Gasteiger partial charge is 0.459 e. The van der Waals surface area contributed by atoms with Gasteiger partial charge in [0.25, 0.3) is 0 Å². The lowest BCUT2D eigenvalue weighted by molar-refractivity contribution is 0.346. The first-order valence-corrected chi connectivity index (χ1v) is 3.47. The standard InChI is InChI=1S/C8H13N3O/c1-5-6-12-8(10-4)11-7(2)9-3/h5H,1,4,6H2,2-3H3/b9-7-,11-8+. The molecule has 0 aromatic heterocycles. The third-order valence-corrected chi connectivity index (χ3v) is 1.05. The molecule has 0 spiro atoms. The number of hydrogen-bond acceptors (Lipinski definition) is 2. The van der Waals surface area contributed by atoms with Crippen LogP contribution in [0, 0.1) is 0 Å². The number of rotatable bonds is 2. The predicted molar refractivity (Wildman–Crippen MR) is 52.2 cm³/mol. The second kappa shape index (κ2) is 6.27. The minimum Gasteiger partial charge on any atom is -0.459 e. The van der Waals surface area contributed by atoms with E-state index in [1.807, 2.05) is 0 Å². The maximum Gasteiger partial charge on any atom is 0.317 e. The molecule has 0 radical (unpaired) electrons. The minimum atomic E-state index is 0.220. The lowest BCUT2D eigenvalue weighted by Crippen LogP contribution is -2.03. The van der Waals surface area contributed by atoms with E-state index in [1.54, 1.807) is 20.0 Å². The highest BCUT2D eigenvalue weighted by atomic mass is 16.5. The highest BCUT2D eigenvalue weighted by Gasteiger charge is 1.94. The molecule has 0 N–H and O–H groups in total. The quantitative estimate of drug-likeness (QED) is 0.347. The van der Waals surface area contributed by atoms with Crippen LogP contribution in [0.25, 0.3) is 0 Å². The maximum atomic E-state index is 5.03. The second-order valence-electron chi connectivity index (χ2n) is 1.92. The van der Waals surface area contributed by atoms with Gasteiger partial charge in [-0.25, -0.2) is 4.99 Å². The fourth-order valence-electron chi connectivity index (χ4n) is 0.435. The Bertz CT molecular complexity index is 218. The zero-order valence-electron chi connectivity index (χ0n) is 7.45. The van der Waals surface area contributed by atoms with E-state index < -0.39 is 0 Å². The van der Waals surface area contributed by atoms with Gasteiger partial charge in [-0.3, -0.25) is 4.99 Å². The minimum absolute atomic E-state index is 0.220. The van der Waals surface area contributed by atoms with Gasteiger partial charge in [0.2, 0.25) is 0 Å². The molecule has 12 heavy (non-hydrogen) atoms. The first kappa shape index (κ1) is 10.6. The number of nitrogens with zero attached hydrogens (tertiary/aromatic N) is 3. The molecule has 0 saturated heterocycles. The van der Waals surface area contributed by atoms with Crippen molar-refractivity contribution in [3.8, 4) is 0 Å². The van der Waals surface area contributed by atoms with Crippen molar-refractivity contribution in [2.24, 2.45) is 15.0 Å². The van der Waals surface area contributed by atoms with Crippen LogP contribution in [0.15, 0.2) is 27.6 Å². The molecule has 0 saturated carbocycles. The molecule has 0 aromatic rings. The van der Waals surface area contributed by atoms with E-state index in [2.05, 4.69) is 28.3 Å². The van der Waals surface area contributed by atoms with Crippen LogP contribution in [0.3, 0.4) is 0 Å². The zero-order valence-corrected chi connectivity index (χ0v) is 7.45. The van der Waals surface area contributed by atoms with Crippen molar-refractivity contribution in [2.45, 2.75) is 6.92 Å². The molecule has 0 fully saturated rings. The Kier molecular flexibility index (Phi) is 5.51. The summed E-state index contributed by atoms with van der Waals surface area (Å²) in [5.41, 5.74) is 0. The SMILES string of the molecule is C=CCO/C(N=C)=N/C(C)=N\C. The third-order valence-electron chi connectivity index (χ3n) is 1.05. The van der Waals surface area contributed by atoms with Crippen molar-refractivity contribution in [2.75, 3.05) is 13.7 Å². The van der Waals surface area contributed by atoms with Crippen molar-refractivity contribution < 1.29 is 4.74 Å². The number of ether oxygens (including phenoxy) is 1. The molecule has 0 aliphatic heterocycles. The van der Waals surface area contributed by atoms with Gasteiger partial charge < -0.3 is 4.74 Å². The number of hydrogen-bond donors (Lipinski definition) is 0. The van der Waals surface area contributed by atoms with Crippen LogP contribution in [-0.4, -0.2) is 32.2 Å². The van der Waals surface area contributed by atoms with Crippen molar-refractivity contribution in [3.05, 3.63) is 12.7 Å². The van der Waals surface area contributed by atoms with Crippen LogP contribution in [0.1, 0.15) is 6.92 Å². The van der Waals surface area contributed by atoms with Crippen LogP contribution in [0.4, 0.5) is 0 Å². The van der Waals surface area contributed by atoms with Crippen LogP contribution >= 0.6 is 0 Å². The zero-order chi connectivity index (χ0) is 9.40. The van der Waals surface area contributed by atoms with Crippen molar-refractivity contribution >= 4 is 18.6 Å². The second-order valence-corrected chi connectivity index (χ2v) is 1.92. The summed E-state index contributed by atoms with van der Waals surface area (Å²) in [5, 5.41) is 0. The van der Waals surface area contributed by atoms with Gasteiger partial charge >= 0.3 is 6.02 Å². The van der Waals surface area contributed by atoms with Crippen molar-refractivity contribution in [1.82, 2.24) is 0 Å². The number of amidine groups is 2. The molecule has 0 aromatic carbocycles. The van der Waals surface area contributed by atoms with Gasteiger partial charge in [0.1, 0.15) is 12.4 Å². The summed E-state index contributed by atoms with van der Waals surface area (Å²) in [7, 11) is 1.65. The molecular formula is C8H13N3O. The summed E-state index contributed by atoms with van der Waals surface area (Å²) in [5.74, 6) is 0.599. The van der Waals surface area contributed by atoms with E-state index in [9.17, 15) is 0 Å². The molecule has 0 aliphatic carbocycles. The van der Waals surface area contributed by atoms with E-state index in [1.165, 1.54) is 0 Å². The molecule has 0 aliphatic rings. The monoisotopic (exact) mass is 167 g/mol. The average molecular weight is 167 g/mol. The molecule has 0 heterocycles. The maximum absolute atomic E-state index is 5.03. The van der Waals surface area contributed by atoms with E-state index in [0.717, 1.165) is 0 Å². The Morgan fingerprint density at radius 3 is 2.67 bits per heavy atom. The van der Waals surface area contributed by atoms with Crippen molar-refractivity contribution in [3.63, 3.8) is 0 Å².